The van der Waals surface area contributed by atoms with Gasteiger partial charge in [0.1, 0.15) is 0 Å². The largest absolute Gasteiger partial charge is 0.394 e. The molecular formula is C14H20BrNO2. The van der Waals surface area contributed by atoms with Crippen molar-refractivity contribution in [1.82, 2.24) is 5.32 Å². The van der Waals surface area contributed by atoms with Gasteiger partial charge in [0, 0.05) is 10.5 Å². The monoisotopic (exact) mass is 313 g/mol. The van der Waals surface area contributed by atoms with E-state index in [1.165, 1.54) is 11.1 Å². The minimum Gasteiger partial charge on any atom is -0.394 e. The lowest BCUT2D eigenvalue weighted by Gasteiger charge is -2.33. The molecule has 1 aromatic carbocycles. The summed E-state index contributed by atoms with van der Waals surface area (Å²) in [5, 5.41) is 22.5. The van der Waals surface area contributed by atoms with Gasteiger partial charge in [-0.3, -0.25) is 0 Å². The van der Waals surface area contributed by atoms with Gasteiger partial charge in [-0.15, -0.1) is 0 Å². The maximum absolute atomic E-state index is 9.51. The Kier molecular flexibility index (Phi) is 4.43. The van der Waals surface area contributed by atoms with Crippen molar-refractivity contribution in [3.63, 3.8) is 0 Å². The number of benzene rings is 1. The number of aliphatic hydroxyl groups is 2. The lowest BCUT2D eigenvalue weighted by Crippen LogP contribution is -2.52. The highest BCUT2D eigenvalue weighted by molar-refractivity contribution is 9.10. The van der Waals surface area contributed by atoms with Crippen molar-refractivity contribution in [3.05, 3.63) is 33.8 Å². The predicted molar refractivity (Wildman–Crippen MR) is 75.5 cm³/mol. The minimum absolute atomic E-state index is 0.0418. The summed E-state index contributed by atoms with van der Waals surface area (Å²) in [6, 6.07) is 6.44. The Labute approximate surface area is 116 Å². The van der Waals surface area contributed by atoms with Crippen LogP contribution in [0.25, 0.3) is 0 Å². The molecule has 0 bridgehead atoms. The second-order valence-corrected chi connectivity index (χ2v) is 5.85. The van der Waals surface area contributed by atoms with Crippen LogP contribution in [0.3, 0.4) is 0 Å². The number of aliphatic hydroxyl groups excluding tert-OH is 2. The van der Waals surface area contributed by atoms with Crippen LogP contribution in [-0.4, -0.2) is 29.0 Å². The van der Waals surface area contributed by atoms with E-state index in [-0.39, 0.29) is 19.3 Å². The summed E-state index contributed by atoms with van der Waals surface area (Å²) in [6.45, 7) is 1.90. The summed E-state index contributed by atoms with van der Waals surface area (Å²) < 4.78 is 1.15. The molecule has 0 spiro atoms. The van der Waals surface area contributed by atoms with Gasteiger partial charge in [0.25, 0.3) is 0 Å². The number of fused-ring (bicyclic) bond motifs is 1. The van der Waals surface area contributed by atoms with Gasteiger partial charge < -0.3 is 15.5 Å². The lowest BCUT2D eigenvalue weighted by molar-refractivity contribution is 0.0775. The highest BCUT2D eigenvalue weighted by Crippen LogP contribution is 2.36. The smallest absolute Gasteiger partial charge is 0.0650 e. The Morgan fingerprint density at radius 2 is 2.11 bits per heavy atom. The zero-order valence-corrected chi connectivity index (χ0v) is 12.2. The number of halogens is 1. The van der Waals surface area contributed by atoms with Crippen LogP contribution in [0.4, 0.5) is 0 Å². The van der Waals surface area contributed by atoms with Crippen LogP contribution in [0.1, 0.15) is 36.9 Å². The van der Waals surface area contributed by atoms with Crippen molar-refractivity contribution in [3.8, 4) is 0 Å². The van der Waals surface area contributed by atoms with Crippen molar-refractivity contribution in [2.75, 3.05) is 13.2 Å². The highest BCUT2D eigenvalue weighted by Gasteiger charge is 2.33. The molecule has 2 rings (SSSR count). The molecule has 1 aliphatic rings. The van der Waals surface area contributed by atoms with Crippen LogP contribution in [0.2, 0.25) is 0 Å². The van der Waals surface area contributed by atoms with Crippen LogP contribution in [0.5, 0.6) is 0 Å². The van der Waals surface area contributed by atoms with Crippen LogP contribution >= 0.6 is 15.9 Å². The summed E-state index contributed by atoms with van der Waals surface area (Å²) in [4.78, 5) is 0. The van der Waals surface area contributed by atoms with Crippen LogP contribution in [-0.2, 0) is 6.42 Å². The minimum atomic E-state index is -0.575. The third kappa shape index (κ3) is 2.48. The molecule has 18 heavy (non-hydrogen) atoms. The first kappa shape index (κ1) is 14.0. The third-order valence-electron chi connectivity index (χ3n) is 3.98. The molecule has 0 radical (unpaired) electrons. The molecule has 3 N–H and O–H groups in total. The standard InChI is InChI=1S/C14H20BrNO2/c1-2-14(8-17,9-18)16-13-7-6-10-11(13)4-3-5-12(10)15/h3-5,13,16-18H,2,6-9H2,1H3. The fourth-order valence-corrected chi connectivity index (χ4v) is 3.18. The topological polar surface area (TPSA) is 52.5 Å². The summed E-state index contributed by atoms with van der Waals surface area (Å²) in [6.07, 6.45) is 2.75. The van der Waals surface area contributed by atoms with Gasteiger partial charge in [0.05, 0.1) is 18.8 Å². The molecule has 0 aromatic heterocycles. The highest BCUT2D eigenvalue weighted by atomic mass is 79.9. The van der Waals surface area contributed by atoms with Crippen LogP contribution in [0, 0.1) is 0 Å². The molecule has 1 atom stereocenters. The van der Waals surface area contributed by atoms with E-state index in [9.17, 15) is 10.2 Å². The summed E-state index contributed by atoms with van der Waals surface area (Å²) >= 11 is 3.58. The maximum atomic E-state index is 9.51. The molecular weight excluding hydrogens is 294 g/mol. The zero-order valence-electron chi connectivity index (χ0n) is 10.6. The lowest BCUT2D eigenvalue weighted by atomic mass is 9.95. The Morgan fingerprint density at radius 1 is 1.39 bits per heavy atom. The summed E-state index contributed by atoms with van der Waals surface area (Å²) in [5.41, 5.74) is 2.05. The molecule has 0 fully saturated rings. The van der Waals surface area contributed by atoms with Gasteiger partial charge in [-0.2, -0.15) is 0 Å². The number of nitrogens with one attached hydrogen (secondary N) is 1. The van der Waals surface area contributed by atoms with E-state index in [1.54, 1.807) is 0 Å². The normalized spacial score (nSPS) is 19.0. The van der Waals surface area contributed by atoms with E-state index < -0.39 is 5.54 Å². The zero-order chi connectivity index (χ0) is 13.2. The molecule has 0 amide bonds. The predicted octanol–water partition coefficient (Wildman–Crippen LogP) is 2.16. The molecule has 3 nitrogen and oxygen atoms in total. The van der Waals surface area contributed by atoms with Gasteiger partial charge in [0.2, 0.25) is 0 Å². The first-order chi connectivity index (χ1) is 8.65. The Balaban J connectivity index is 2.21. The molecule has 1 unspecified atom stereocenters. The number of rotatable bonds is 5. The SMILES string of the molecule is CCC(CO)(CO)NC1CCc2c(Br)cccc21. The molecule has 0 aliphatic heterocycles. The van der Waals surface area contributed by atoms with Gasteiger partial charge in [-0.25, -0.2) is 0 Å². The third-order valence-corrected chi connectivity index (χ3v) is 4.72. The number of hydrogen-bond acceptors (Lipinski definition) is 3. The van der Waals surface area contributed by atoms with Crippen molar-refractivity contribution >= 4 is 15.9 Å². The van der Waals surface area contributed by atoms with E-state index in [4.69, 9.17) is 0 Å². The van der Waals surface area contributed by atoms with Gasteiger partial charge in [-0.1, -0.05) is 35.0 Å². The Morgan fingerprint density at radius 3 is 2.72 bits per heavy atom. The second-order valence-electron chi connectivity index (χ2n) is 4.99. The van der Waals surface area contributed by atoms with E-state index in [0.29, 0.717) is 6.42 Å². The molecule has 100 valence electrons. The van der Waals surface area contributed by atoms with E-state index in [1.807, 2.05) is 13.0 Å². The fraction of sp³-hybridized carbons (Fsp3) is 0.571. The van der Waals surface area contributed by atoms with Gasteiger partial charge in [0.15, 0.2) is 0 Å². The molecule has 1 aliphatic carbocycles. The van der Waals surface area contributed by atoms with Crippen molar-refractivity contribution in [2.24, 2.45) is 0 Å². The van der Waals surface area contributed by atoms with Crippen LogP contribution in [0.15, 0.2) is 22.7 Å². The quantitative estimate of drug-likeness (QED) is 0.781. The number of hydrogen-bond donors (Lipinski definition) is 3. The van der Waals surface area contributed by atoms with E-state index in [0.717, 1.165) is 17.3 Å². The Bertz CT molecular complexity index is 410. The van der Waals surface area contributed by atoms with Crippen LogP contribution < -0.4 is 5.32 Å². The van der Waals surface area contributed by atoms with Crippen molar-refractivity contribution in [1.29, 1.82) is 0 Å². The summed E-state index contributed by atoms with van der Waals surface area (Å²) in [5.74, 6) is 0. The van der Waals surface area contributed by atoms with E-state index >= 15 is 0 Å². The molecule has 1 aromatic rings. The molecule has 4 heteroatoms. The second kappa shape index (κ2) is 5.70. The first-order valence-corrected chi connectivity index (χ1v) is 7.22. The van der Waals surface area contributed by atoms with Crippen molar-refractivity contribution in [2.45, 2.75) is 37.8 Å². The average Bonchev–Trinajstić information content (AvgIpc) is 2.81. The average molecular weight is 314 g/mol. The maximum Gasteiger partial charge on any atom is 0.0650 e. The van der Waals surface area contributed by atoms with E-state index in [2.05, 4.69) is 33.4 Å². The molecule has 0 saturated heterocycles. The molecule has 0 saturated carbocycles. The van der Waals surface area contributed by atoms with Gasteiger partial charge in [-0.05, 0) is 36.5 Å². The fourth-order valence-electron chi connectivity index (χ4n) is 2.60. The molecule has 0 heterocycles. The Hall–Kier alpha value is -0.420. The van der Waals surface area contributed by atoms with Gasteiger partial charge >= 0.3 is 0 Å². The first-order valence-electron chi connectivity index (χ1n) is 6.42. The van der Waals surface area contributed by atoms with Crippen molar-refractivity contribution < 1.29 is 10.2 Å². The summed E-state index contributed by atoms with van der Waals surface area (Å²) in [7, 11) is 0.